The van der Waals surface area contributed by atoms with Crippen molar-refractivity contribution in [2.45, 2.75) is 13.5 Å². The van der Waals surface area contributed by atoms with E-state index in [2.05, 4.69) is 0 Å². The summed E-state index contributed by atoms with van der Waals surface area (Å²) in [5.74, 6) is -0.522. The van der Waals surface area contributed by atoms with E-state index in [0.717, 1.165) is 0 Å². The van der Waals surface area contributed by atoms with Crippen molar-refractivity contribution in [2.75, 3.05) is 7.11 Å². The number of carbonyl (C=O) groups is 1. The summed E-state index contributed by atoms with van der Waals surface area (Å²) < 4.78 is 5.91. The number of aryl methyl sites for hydroxylation is 1. The third kappa shape index (κ3) is 3.03. The summed E-state index contributed by atoms with van der Waals surface area (Å²) in [6.45, 7) is 1.56. The molecule has 22 heavy (non-hydrogen) atoms. The monoisotopic (exact) mass is 302 g/mol. The predicted molar refractivity (Wildman–Crippen MR) is 79.0 cm³/mol. The molecule has 7 nitrogen and oxygen atoms in total. The zero-order valence-electron chi connectivity index (χ0n) is 12.1. The molecule has 0 saturated carbocycles. The van der Waals surface area contributed by atoms with Gasteiger partial charge in [-0.05, 0) is 18.6 Å². The Balaban J connectivity index is 2.50. The number of nitro groups is 1. The fourth-order valence-corrected chi connectivity index (χ4v) is 2.13. The molecule has 7 heteroatoms. The van der Waals surface area contributed by atoms with Gasteiger partial charge >= 0.3 is 5.97 Å². The normalized spacial score (nSPS) is 10.3. The summed E-state index contributed by atoms with van der Waals surface area (Å²) in [6.07, 6.45) is 1.17. The summed E-state index contributed by atoms with van der Waals surface area (Å²) in [5.41, 5.74) is 0.625. The van der Waals surface area contributed by atoms with Gasteiger partial charge in [0.15, 0.2) is 0 Å². The minimum absolute atomic E-state index is 0.0482. The van der Waals surface area contributed by atoms with E-state index < -0.39 is 10.9 Å². The summed E-state index contributed by atoms with van der Waals surface area (Å²) in [6, 6.07) is 7.88. The number of hydrogen-bond acceptors (Lipinski definition) is 5. The SMILES string of the molecule is COC(=O)c1ccccc1Cn1cc([N+](=O)[O-])cc(C)c1=O. The molecule has 114 valence electrons. The van der Waals surface area contributed by atoms with E-state index in [1.807, 2.05) is 0 Å². The Labute approximate surface area is 125 Å². The molecule has 0 spiro atoms. The number of rotatable bonds is 4. The van der Waals surface area contributed by atoms with E-state index >= 15 is 0 Å². The highest BCUT2D eigenvalue weighted by atomic mass is 16.6. The Morgan fingerprint density at radius 1 is 1.36 bits per heavy atom. The maximum Gasteiger partial charge on any atom is 0.338 e. The van der Waals surface area contributed by atoms with Crippen LogP contribution in [0.5, 0.6) is 0 Å². The molecule has 2 rings (SSSR count). The Hall–Kier alpha value is -2.96. The molecule has 0 unspecified atom stereocenters. The summed E-state index contributed by atoms with van der Waals surface area (Å²) >= 11 is 0. The topological polar surface area (TPSA) is 91.4 Å². The molecule has 0 aliphatic carbocycles. The number of esters is 1. The standard InChI is InChI=1S/C15H14N2O5/c1-10-7-12(17(20)21)9-16(14(10)18)8-11-5-3-4-6-13(11)15(19)22-2/h3-7,9H,8H2,1-2H3. The molecule has 1 aromatic heterocycles. The van der Waals surface area contributed by atoms with Crippen LogP contribution >= 0.6 is 0 Å². The van der Waals surface area contributed by atoms with E-state index in [1.54, 1.807) is 24.3 Å². The highest BCUT2D eigenvalue weighted by Gasteiger charge is 2.15. The van der Waals surface area contributed by atoms with Gasteiger partial charge < -0.3 is 9.30 Å². The average Bonchev–Trinajstić information content (AvgIpc) is 2.51. The van der Waals surface area contributed by atoms with Crippen molar-refractivity contribution in [3.8, 4) is 0 Å². The van der Waals surface area contributed by atoms with Crippen LogP contribution in [0.4, 0.5) is 5.69 Å². The number of methoxy groups -OCH3 is 1. The van der Waals surface area contributed by atoms with Crippen LogP contribution < -0.4 is 5.56 Å². The molecule has 0 aliphatic heterocycles. The van der Waals surface area contributed by atoms with E-state index in [9.17, 15) is 19.7 Å². The zero-order valence-corrected chi connectivity index (χ0v) is 12.1. The summed E-state index contributed by atoms with van der Waals surface area (Å²) in [7, 11) is 1.27. The molecule has 0 radical (unpaired) electrons. The molecule has 0 atom stereocenters. The van der Waals surface area contributed by atoms with Gasteiger partial charge in [-0.15, -0.1) is 0 Å². The largest absolute Gasteiger partial charge is 0.465 e. The second-order valence-electron chi connectivity index (χ2n) is 4.72. The van der Waals surface area contributed by atoms with Crippen molar-refractivity contribution in [1.82, 2.24) is 4.57 Å². The molecule has 2 aromatic rings. The zero-order chi connectivity index (χ0) is 16.3. The van der Waals surface area contributed by atoms with Gasteiger partial charge in [-0.3, -0.25) is 14.9 Å². The molecule has 1 aromatic carbocycles. The minimum Gasteiger partial charge on any atom is -0.465 e. The van der Waals surface area contributed by atoms with Crippen LogP contribution in [0.15, 0.2) is 41.3 Å². The van der Waals surface area contributed by atoms with Gasteiger partial charge in [0.25, 0.3) is 11.2 Å². The van der Waals surface area contributed by atoms with Crippen LogP contribution in [0.2, 0.25) is 0 Å². The van der Waals surface area contributed by atoms with E-state index in [-0.39, 0.29) is 23.4 Å². The van der Waals surface area contributed by atoms with Gasteiger partial charge in [0.2, 0.25) is 0 Å². The first-order valence-electron chi connectivity index (χ1n) is 6.45. The van der Waals surface area contributed by atoms with Crippen LogP contribution in [-0.4, -0.2) is 22.6 Å². The smallest absolute Gasteiger partial charge is 0.338 e. The lowest BCUT2D eigenvalue weighted by molar-refractivity contribution is -0.385. The van der Waals surface area contributed by atoms with Crippen molar-refractivity contribution in [2.24, 2.45) is 0 Å². The predicted octanol–water partition coefficient (Wildman–Crippen LogP) is 1.90. The number of nitrogens with zero attached hydrogens (tertiary/aromatic N) is 2. The molecular weight excluding hydrogens is 288 g/mol. The first kappa shape index (κ1) is 15.4. The molecule has 0 fully saturated rings. The molecule has 0 amide bonds. The maximum absolute atomic E-state index is 12.1. The van der Waals surface area contributed by atoms with E-state index in [0.29, 0.717) is 11.1 Å². The Kier molecular flexibility index (Phi) is 4.36. The molecule has 0 bridgehead atoms. The second kappa shape index (κ2) is 6.21. The second-order valence-corrected chi connectivity index (χ2v) is 4.72. The van der Waals surface area contributed by atoms with Gasteiger partial charge in [0.1, 0.15) is 0 Å². The van der Waals surface area contributed by atoms with Crippen LogP contribution in [0.25, 0.3) is 0 Å². The van der Waals surface area contributed by atoms with E-state index in [1.165, 1.54) is 30.9 Å². The van der Waals surface area contributed by atoms with Crippen LogP contribution in [0.1, 0.15) is 21.5 Å². The number of aromatic nitrogens is 1. The summed E-state index contributed by atoms with van der Waals surface area (Å²) in [5, 5.41) is 10.9. The van der Waals surface area contributed by atoms with Crippen molar-refractivity contribution in [3.63, 3.8) is 0 Å². The third-order valence-electron chi connectivity index (χ3n) is 3.22. The van der Waals surface area contributed by atoms with Crippen molar-refractivity contribution >= 4 is 11.7 Å². The first-order chi connectivity index (χ1) is 10.4. The minimum atomic E-state index is -0.560. The summed E-state index contributed by atoms with van der Waals surface area (Å²) in [4.78, 5) is 34.2. The third-order valence-corrected chi connectivity index (χ3v) is 3.22. The van der Waals surface area contributed by atoms with Gasteiger partial charge in [-0.2, -0.15) is 0 Å². The first-order valence-corrected chi connectivity index (χ1v) is 6.45. The molecule has 0 saturated heterocycles. The van der Waals surface area contributed by atoms with Crippen molar-refractivity contribution in [3.05, 3.63) is 73.7 Å². The molecular formula is C15H14N2O5. The van der Waals surface area contributed by atoms with E-state index in [4.69, 9.17) is 4.74 Å². The van der Waals surface area contributed by atoms with Crippen LogP contribution in [0, 0.1) is 17.0 Å². The highest BCUT2D eigenvalue weighted by molar-refractivity contribution is 5.90. The maximum atomic E-state index is 12.1. The average molecular weight is 302 g/mol. The fraction of sp³-hybridized carbons (Fsp3) is 0.200. The Morgan fingerprint density at radius 2 is 2.05 bits per heavy atom. The lowest BCUT2D eigenvalue weighted by atomic mass is 10.1. The quantitative estimate of drug-likeness (QED) is 0.488. The van der Waals surface area contributed by atoms with Gasteiger partial charge in [0, 0.05) is 11.6 Å². The van der Waals surface area contributed by atoms with Crippen LogP contribution in [-0.2, 0) is 11.3 Å². The molecule has 0 N–H and O–H groups in total. The Bertz CT molecular complexity index is 795. The van der Waals surface area contributed by atoms with Gasteiger partial charge in [-0.1, -0.05) is 18.2 Å². The van der Waals surface area contributed by atoms with Crippen LogP contribution in [0.3, 0.4) is 0 Å². The fourth-order valence-electron chi connectivity index (χ4n) is 2.13. The number of hydrogen-bond donors (Lipinski definition) is 0. The number of pyridine rings is 1. The number of ether oxygens (including phenoxy) is 1. The Morgan fingerprint density at radius 3 is 2.68 bits per heavy atom. The highest BCUT2D eigenvalue weighted by Crippen LogP contribution is 2.14. The lowest BCUT2D eigenvalue weighted by Crippen LogP contribution is -2.23. The molecule has 0 aliphatic rings. The van der Waals surface area contributed by atoms with Gasteiger partial charge in [0.05, 0.1) is 30.3 Å². The molecule has 1 heterocycles. The van der Waals surface area contributed by atoms with Crippen molar-refractivity contribution in [1.29, 1.82) is 0 Å². The van der Waals surface area contributed by atoms with Crippen molar-refractivity contribution < 1.29 is 14.5 Å². The number of carbonyl (C=O) groups excluding carboxylic acids is 1. The number of benzene rings is 1. The van der Waals surface area contributed by atoms with Gasteiger partial charge in [-0.25, -0.2) is 4.79 Å². The lowest BCUT2D eigenvalue weighted by Gasteiger charge is -2.10.